The summed E-state index contributed by atoms with van der Waals surface area (Å²) in [5, 5.41) is -0.962. The van der Waals surface area contributed by atoms with Crippen molar-refractivity contribution in [1.82, 2.24) is 0 Å². The molecule has 0 spiro atoms. The lowest BCUT2D eigenvalue weighted by molar-refractivity contribution is -0.154. The van der Waals surface area contributed by atoms with Gasteiger partial charge in [0.05, 0.1) is 19.1 Å². The van der Waals surface area contributed by atoms with Crippen LogP contribution in [0.5, 0.6) is 0 Å². The molecule has 0 heterocycles. The summed E-state index contributed by atoms with van der Waals surface area (Å²) in [5.41, 5.74) is 0. The molecule has 100 valence electrons. The first-order valence-corrected chi connectivity index (χ1v) is 6.49. The summed E-state index contributed by atoms with van der Waals surface area (Å²) in [6.45, 7) is 6.26. The highest BCUT2D eigenvalue weighted by Gasteiger charge is 2.33. The lowest BCUT2D eigenvalue weighted by Gasteiger charge is -2.18. The largest absolute Gasteiger partial charge is 0.465 e. The van der Waals surface area contributed by atoms with Crippen molar-refractivity contribution in [1.29, 1.82) is 0 Å². The third-order valence-electron chi connectivity index (χ3n) is 2.22. The lowest BCUT2D eigenvalue weighted by Crippen LogP contribution is -2.33. The van der Waals surface area contributed by atoms with Gasteiger partial charge in [-0.3, -0.25) is 9.59 Å². The molecule has 0 rings (SSSR count). The van der Waals surface area contributed by atoms with Crippen molar-refractivity contribution in [2.75, 3.05) is 13.2 Å². The molecule has 0 radical (unpaired) electrons. The quantitative estimate of drug-likeness (QED) is 0.499. The third kappa shape index (κ3) is 5.91. The first kappa shape index (κ1) is 16.2. The Morgan fingerprint density at radius 1 is 1.00 bits per heavy atom. The lowest BCUT2D eigenvalue weighted by atomic mass is 10.0. The van der Waals surface area contributed by atoms with Crippen LogP contribution in [0.2, 0.25) is 0 Å². The summed E-state index contributed by atoms with van der Waals surface area (Å²) < 4.78 is 9.90. The highest BCUT2D eigenvalue weighted by Crippen LogP contribution is 2.18. The van der Waals surface area contributed by atoms with Gasteiger partial charge >= 0.3 is 11.9 Å². The van der Waals surface area contributed by atoms with Gasteiger partial charge in [0.1, 0.15) is 5.38 Å². The fourth-order valence-corrected chi connectivity index (χ4v) is 1.59. The second kappa shape index (κ2) is 9.28. The van der Waals surface area contributed by atoms with Gasteiger partial charge in [-0.2, -0.15) is 0 Å². The molecular weight excluding hydrogens is 244 g/mol. The van der Waals surface area contributed by atoms with Crippen LogP contribution in [-0.2, 0) is 19.1 Å². The van der Waals surface area contributed by atoms with Crippen LogP contribution in [0, 0.1) is 5.92 Å². The van der Waals surface area contributed by atoms with Crippen molar-refractivity contribution in [2.45, 2.75) is 45.4 Å². The molecular formula is C12H21ClO4. The summed E-state index contributed by atoms with van der Waals surface area (Å²) in [7, 11) is 0. The Hall–Kier alpha value is -0.770. The topological polar surface area (TPSA) is 52.6 Å². The zero-order valence-corrected chi connectivity index (χ0v) is 11.5. The van der Waals surface area contributed by atoms with Gasteiger partial charge in [0.25, 0.3) is 0 Å². The van der Waals surface area contributed by atoms with E-state index < -0.39 is 23.2 Å². The van der Waals surface area contributed by atoms with Crippen LogP contribution < -0.4 is 0 Å². The average molecular weight is 265 g/mol. The van der Waals surface area contributed by atoms with E-state index in [0.717, 1.165) is 12.8 Å². The first-order valence-electron chi connectivity index (χ1n) is 6.05. The number of esters is 2. The predicted molar refractivity (Wildman–Crippen MR) is 65.9 cm³/mol. The van der Waals surface area contributed by atoms with E-state index in [4.69, 9.17) is 21.1 Å². The normalized spacial score (nSPS) is 13.9. The molecule has 0 aromatic carbocycles. The minimum atomic E-state index is -0.962. The van der Waals surface area contributed by atoms with Crippen molar-refractivity contribution in [3.63, 3.8) is 0 Å². The molecule has 0 saturated carbocycles. The summed E-state index contributed by atoms with van der Waals surface area (Å²) >= 11 is 5.93. The van der Waals surface area contributed by atoms with Crippen LogP contribution in [0.3, 0.4) is 0 Å². The molecule has 2 unspecified atom stereocenters. The second-order valence-corrected chi connectivity index (χ2v) is 4.22. The van der Waals surface area contributed by atoms with Crippen LogP contribution in [0.4, 0.5) is 0 Å². The maximum atomic E-state index is 11.6. The molecule has 0 aliphatic heterocycles. The molecule has 5 heteroatoms. The maximum absolute atomic E-state index is 11.6. The number of alkyl halides is 1. The fraction of sp³-hybridized carbons (Fsp3) is 0.833. The molecule has 0 bridgehead atoms. The Morgan fingerprint density at radius 3 is 1.88 bits per heavy atom. The Bertz CT molecular complexity index is 243. The third-order valence-corrected chi connectivity index (χ3v) is 2.70. The Kier molecular flexibility index (Phi) is 8.86. The molecule has 0 N–H and O–H groups in total. The Labute approximate surface area is 108 Å². The molecule has 0 saturated heterocycles. The van der Waals surface area contributed by atoms with E-state index in [1.807, 2.05) is 13.8 Å². The van der Waals surface area contributed by atoms with Crippen LogP contribution in [0.15, 0.2) is 0 Å². The molecule has 0 aromatic rings. The number of carbonyl (C=O) groups excluding carboxylic acids is 2. The van der Waals surface area contributed by atoms with Gasteiger partial charge < -0.3 is 9.47 Å². The van der Waals surface area contributed by atoms with Crippen LogP contribution in [-0.4, -0.2) is 30.5 Å². The fourth-order valence-electron chi connectivity index (χ4n) is 1.25. The van der Waals surface area contributed by atoms with Gasteiger partial charge in [0.15, 0.2) is 0 Å². The standard InChI is InChI=1S/C12H21ClO4/c1-4-7-16-11(14)9(6-3)10(13)12(15)17-8-5-2/h9-10H,4-8H2,1-3H3. The number of halogens is 1. The van der Waals surface area contributed by atoms with E-state index in [0.29, 0.717) is 19.6 Å². The minimum Gasteiger partial charge on any atom is -0.465 e. The van der Waals surface area contributed by atoms with Crippen molar-refractivity contribution in [3.8, 4) is 0 Å². The summed E-state index contributed by atoms with van der Waals surface area (Å²) in [6.07, 6.45) is 1.93. The van der Waals surface area contributed by atoms with Gasteiger partial charge in [-0.05, 0) is 19.3 Å². The van der Waals surface area contributed by atoms with Crippen molar-refractivity contribution >= 4 is 23.5 Å². The number of hydrogen-bond acceptors (Lipinski definition) is 4. The summed E-state index contributed by atoms with van der Waals surface area (Å²) in [6, 6.07) is 0. The monoisotopic (exact) mass is 264 g/mol. The molecule has 0 aliphatic rings. The average Bonchev–Trinajstić information content (AvgIpc) is 2.33. The Morgan fingerprint density at radius 2 is 1.47 bits per heavy atom. The number of carbonyl (C=O) groups is 2. The molecule has 0 amide bonds. The van der Waals surface area contributed by atoms with Gasteiger partial charge in [-0.1, -0.05) is 20.8 Å². The smallest absolute Gasteiger partial charge is 0.324 e. The van der Waals surface area contributed by atoms with E-state index >= 15 is 0 Å². The van der Waals surface area contributed by atoms with E-state index in [9.17, 15) is 9.59 Å². The molecule has 0 aromatic heterocycles. The van der Waals surface area contributed by atoms with Crippen LogP contribution in [0.1, 0.15) is 40.0 Å². The molecule has 4 nitrogen and oxygen atoms in total. The predicted octanol–water partition coefficient (Wildman–Crippen LogP) is 2.53. The minimum absolute atomic E-state index is 0.322. The highest BCUT2D eigenvalue weighted by molar-refractivity contribution is 6.31. The van der Waals surface area contributed by atoms with Gasteiger partial charge in [-0.25, -0.2) is 0 Å². The molecule has 0 fully saturated rings. The van der Waals surface area contributed by atoms with Gasteiger partial charge in [0, 0.05) is 0 Å². The SMILES string of the molecule is CCCOC(=O)C(Cl)C(CC)C(=O)OCCC. The van der Waals surface area contributed by atoms with E-state index in [1.165, 1.54) is 0 Å². The van der Waals surface area contributed by atoms with Gasteiger partial charge in [0.2, 0.25) is 0 Å². The molecule has 17 heavy (non-hydrogen) atoms. The summed E-state index contributed by atoms with van der Waals surface area (Å²) in [5.74, 6) is -1.61. The zero-order valence-electron chi connectivity index (χ0n) is 10.7. The zero-order chi connectivity index (χ0) is 13.3. The van der Waals surface area contributed by atoms with Crippen molar-refractivity contribution in [2.24, 2.45) is 5.92 Å². The van der Waals surface area contributed by atoms with E-state index in [-0.39, 0.29) is 0 Å². The van der Waals surface area contributed by atoms with Crippen molar-refractivity contribution < 1.29 is 19.1 Å². The van der Waals surface area contributed by atoms with Crippen LogP contribution >= 0.6 is 11.6 Å². The van der Waals surface area contributed by atoms with E-state index in [2.05, 4.69) is 0 Å². The number of ether oxygens (including phenoxy) is 2. The van der Waals surface area contributed by atoms with E-state index in [1.54, 1.807) is 6.92 Å². The summed E-state index contributed by atoms with van der Waals surface area (Å²) in [4.78, 5) is 23.2. The highest BCUT2D eigenvalue weighted by atomic mass is 35.5. The van der Waals surface area contributed by atoms with Crippen LogP contribution in [0.25, 0.3) is 0 Å². The molecule has 0 aliphatic carbocycles. The van der Waals surface area contributed by atoms with Gasteiger partial charge in [-0.15, -0.1) is 11.6 Å². The number of rotatable bonds is 8. The first-order chi connectivity index (χ1) is 8.08. The molecule has 2 atom stereocenters. The second-order valence-electron chi connectivity index (χ2n) is 3.75. The number of hydrogen-bond donors (Lipinski definition) is 0. The van der Waals surface area contributed by atoms with Crippen molar-refractivity contribution in [3.05, 3.63) is 0 Å². The maximum Gasteiger partial charge on any atom is 0.324 e. The Balaban J connectivity index is 4.32.